The lowest BCUT2D eigenvalue weighted by molar-refractivity contribution is -0.140. The van der Waals surface area contributed by atoms with Gasteiger partial charge in [-0.3, -0.25) is 9.59 Å². The monoisotopic (exact) mass is 483 g/mol. The Morgan fingerprint density at radius 2 is 1.82 bits per heavy atom. The highest BCUT2D eigenvalue weighted by Crippen LogP contribution is 2.35. The maximum absolute atomic E-state index is 13.9. The standard InChI is InChI=1S/C23H29F4N5O2/c1-22(2,3)18(21(34)28-4)30-20(33)17-16-12-31(5)9-6-10-32(16)19(29-17)13-7-8-15(24)14(11-13)23(25,26)27/h7-8,11,18H,6,9-10,12H2,1-5H3,(H,28,34)(H,30,33)/t18-/m1/s1. The van der Waals surface area contributed by atoms with Crippen LogP contribution in [0.3, 0.4) is 0 Å². The Balaban J connectivity index is 2.12. The average molecular weight is 484 g/mol. The van der Waals surface area contributed by atoms with Crippen LogP contribution in [-0.2, 0) is 24.1 Å². The topological polar surface area (TPSA) is 79.3 Å². The number of aromatic nitrogens is 2. The number of rotatable bonds is 4. The van der Waals surface area contributed by atoms with E-state index in [2.05, 4.69) is 15.6 Å². The highest BCUT2D eigenvalue weighted by Gasteiger charge is 2.36. The SMILES string of the molecule is CNC(=O)[C@@H](NC(=O)c1nc(-c2ccc(F)c(C(F)(F)F)c2)n2c1CN(C)CCC2)C(C)(C)C. The van der Waals surface area contributed by atoms with Crippen LogP contribution in [0.5, 0.6) is 0 Å². The normalized spacial score (nSPS) is 15.9. The molecule has 7 nitrogen and oxygen atoms in total. The van der Waals surface area contributed by atoms with E-state index in [1.165, 1.54) is 13.1 Å². The van der Waals surface area contributed by atoms with Crippen molar-refractivity contribution < 1.29 is 27.2 Å². The number of likely N-dealkylation sites (N-methyl/N-ethyl adjacent to an activating group) is 1. The molecule has 2 heterocycles. The molecule has 1 aliphatic heterocycles. The summed E-state index contributed by atoms with van der Waals surface area (Å²) in [4.78, 5) is 32.1. The fourth-order valence-electron chi connectivity index (χ4n) is 4.02. The molecule has 1 aromatic heterocycles. The van der Waals surface area contributed by atoms with E-state index < -0.39 is 34.9 Å². The van der Waals surface area contributed by atoms with E-state index >= 15 is 0 Å². The molecule has 34 heavy (non-hydrogen) atoms. The second-order valence-corrected chi connectivity index (χ2v) is 9.55. The van der Waals surface area contributed by atoms with Crippen molar-refractivity contribution in [2.45, 2.75) is 52.5 Å². The fraction of sp³-hybridized carbons (Fsp3) is 0.522. The van der Waals surface area contributed by atoms with Gasteiger partial charge in [0.05, 0.1) is 11.3 Å². The third-order valence-electron chi connectivity index (χ3n) is 5.81. The highest BCUT2D eigenvalue weighted by atomic mass is 19.4. The van der Waals surface area contributed by atoms with Crippen LogP contribution in [0.4, 0.5) is 17.6 Å². The fourth-order valence-corrected chi connectivity index (χ4v) is 4.02. The van der Waals surface area contributed by atoms with E-state index in [1.807, 2.05) is 11.9 Å². The first-order valence-corrected chi connectivity index (χ1v) is 10.9. The summed E-state index contributed by atoms with van der Waals surface area (Å²) in [5.74, 6) is -2.22. The summed E-state index contributed by atoms with van der Waals surface area (Å²) < 4.78 is 55.5. The van der Waals surface area contributed by atoms with E-state index in [9.17, 15) is 27.2 Å². The second kappa shape index (κ2) is 9.36. The molecule has 2 aromatic rings. The van der Waals surface area contributed by atoms with Crippen molar-refractivity contribution in [2.75, 3.05) is 20.6 Å². The number of hydrogen-bond donors (Lipinski definition) is 2. The summed E-state index contributed by atoms with van der Waals surface area (Å²) in [6.07, 6.45) is -4.19. The molecule has 3 rings (SSSR count). The molecule has 2 N–H and O–H groups in total. The van der Waals surface area contributed by atoms with Gasteiger partial charge < -0.3 is 20.1 Å². The van der Waals surface area contributed by atoms with Gasteiger partial charge in [0.2, 0.25) is 5.91 Å². The quantitative estimate of drug-likeness (QED) is 0.654. The van der Waals surface area contributed by atoms with E-state index in [0.29, 0.717) is 37.8 Å². The highest BCUT2D eigenvalue weighted by molar-refractivity contribution is 5.97. The van der Waals surface area contributed by atoms with E-state index in [4.69, 9.17) is 0 Å². The minimum absolute atomic E-state index is 0.0276. The Hall–Kier alpha value is -2.95. The lowest BCUT2D eigenvalue weighted by atomic mass is 9.86. The molecule has 0 saturated heterocycles. The van der Waals surface area contributed by atoms with Gasteiger partial charge in [0.1, 0.15) is 17.7 Å². The first kappa shape index (κ1) is 25.7. The minimum Gasteiger partial charge on any atom is -0.357 e. The van der Waals surface area contributed by atoms with Gasteiger partial charge in [-0.05, 0) is 43.6 Å². The van der Waals surface area contributed by atoms with Gasteiger partial charge in [0.15, 0.2) is 5.69 Å². The zero-order valence-electron chi connectivity index (χ0n) is 19.8. The Kier molecular flexibility index (Phi) is 7.07. The van der Waals surface area contributed by atoms with Crippen LogP contribution in [0.25, 0.3) is 11.4 Å². The maximum Gasteiger partial charge on any atom is 0.419 e. The molecule has 1 aliphatic rings. The number of alkyl halides is 3. The first-order valence-electron chi connectivity index (χ1n) is 10.9. The summed E-state index contributed by atoms with van der Waals surface area (Å²) in [7, 11) is 3.34. The number of amides is 2. The van der Waals surface area contributed by atoms with Crippen molar-refractivity contribution in [1.29, 1.82) is 0 Å². The number of hydrogen-bond acceptors (Lipinski definition) is 4. The third-order valence-corrected chi connectivity index (χ3v) is 5.81. The smallest absolute Gasteiger partial charge is 0.357 e. The zero-order chi connectivity index (χ0) is 25.4. The largest absolute Gasteiger partial charge is 0.419 e. The van der Waals surface area contributed by atoms with Gasteiger partial charge in [0.25, 0.3) is 5.91 Å². The predicted octanol–water partition coefficient (Wildman–Crippen LogP) is 3.43. The molecule has 0 aliphatic carbocycles. The molecule has 11 heteroatoms. The predicted molar refractivity (Wildman–Crippen MR) is 118 cm³/mol. The summed E-state index contributed by atoms with van der Waals surface area (Å²) in [5, 5.41) is 5.27. The van der Waals surface area contributed by atoms with Crippen molar-refractivity contribution in [3.05, 3.63) is 41.0 Å². The van der Waals surface area contributed by atoms with Gasteiger partial charge in [-0.1, -0.05) is 20.8 Å². The van der Waals surface area contributed by atoms with Gasteiger partial charge in [-0.25, -0.2) is 9.37 Å². The Morgan fingerprint density at radius 1 is 1.15 bits per heavy atom. The maximum atomic E-state index is 13.9. The van der Waals surface area contributed by atoms with Crippen molar-refractivity contribution in [3.8, 4) is 11.4 Å². The zero-order valence-corrected chi connectivity index (χ0v) is 19.8. The molecule has 0 unspecified atom stereocenters. The molecule has 0 fully saturated rings. The number of nitrogens with zero attached hydrogens (tertiary/aromatic N) is 3. The van der Waals surface area contributed by atoms with Crippen molar-refractivity contribution >= 4 is 11.8 Å². The molecular weight excluding hydrogens is 454 g/mol. The number of halogens is 4. The number of carbonyl (C=O) groups is 2. The Bertz CT molecular complexity index is 1090. The molecular formula is C23H29F4N5O2. The van der Waals surface area contributed by atoms with Crippen LogP contribution in [0.1, 0.15) is 48.9 Å². The number of nitrogens with one attached hydrogen (secondary N) is 2. The summed E-state index contributed by atoms with van der Waals surface area (Å²) >= 11 is 0. The van der Waals surface area contributed by atoms with Gasteiger partial charge >= 0.3 is 6.18 Å². The van der Waals surface area contributed by atoms with Crippen molar-refractivity contribution in [3.63, 3.8) is 0 Å². The second-order valence-electron chi connectivity index (χ2n) is 9.55. The lowest BCUT2D eigenvalue weighted by Gasteiger charge is -2.29. The Labute approximate surface area is 195 Å². The molecule has 1 atom stereocenters. The minimum atomic E-state index is -4.87. The van der Waals surface area contributed by atoms with Crippen LogP contribution in [0.2, 0.25) is 0 Å². The number of fused-ring (bicyclic) bond motifs is 1. The van der Waals surface area contributed by atoms with E-state index in [-0.39, 0.29) is 23.0 Å². The van der Waals surface area contributed by atoms with E-state index in [1.54, 1.807) is 25.3 Å². The van der Waals surface area contributed by atoms with E-state index in [0.717, 1.165) is 6.07 Å². The van der Waals surface area contributed by atoms with Gasteiger partial charge in [0, 0.05) is 25.7 Å². The van der Waals surface area contributed by atoms with Crippen molar-refractivity contribution in [1.82, 2.24) is 25.1 Å². The van der Waals surface area contributed by atoms with Crippen LogP contribution in [0, 0.1) is 11.2 Å². The molecule has 0 spiro atoms. The van der Waals surface area contributed by atoms with Crippen LogP contribution in [-0.4, -0.2) is 52.9 Å². The molecule has 2 amide bonds. The number of carbonyl (C=O) groups excluding carboxylic acids is 2. The third kappa shape index (κ3) is 5.24. The van der Waals surface area contributed by atoms with Gasteiger partial charge in [-0.15, -0.1) is 0 Å². The van der Waals surface area contributed by atoms with Crippen LogP contribution >= 0.6 is 0 Å². The average Bonchev–Trinajstić information content (AvgIpc) is 2.96. The first-order chi connectivity index (χ1) is 15.7. The molecule has 0 radical (unpaired) electrons. The Morgan fingerprint density at radius 3 is 2.41 bits per heavy atom. The summed E-state index contributed by atoms with van der Waals surface area (Å²) in [6.45, 7) is 6.88. The molecule has 186 valence electrons. The van der Waals surface area contributed by atoms with Crippen molar-refractivity contribution in [2.24, 2.45) is 5.41 Å². The number of benzene rings is 1. The summed E-state index contributed by atoms with van der Waals surface area (Å²) in [6, 6.07) is 1.82. The lowest BCUT2D eigenvalue weighted by Crippen LogP contribution is -2.53. The number of imidazole rings is 1. The molecule has 0 saturated carbocycles. The van der Waals surface area contributed by atoms with Gasteiger partial charge in [-0.2, -0.15) is 13.2 Å². The molecule has 1 aromatic carbocycles. The molecule has 0 bridgehead atoms. The van der Waals surface area contributed by atoms with Crippen LogP contribution in [0.15, 0.2) is 18.2 Å². The summed E-state index contributed by atoms with van der Waals surface area (Å²) in [5.41, 5.74) is -1.40. The van der Waals surface area contributed by atoms with Crippen LogP contribution < -0.4 is 10.6 Å².